The summed E-state index contributed by atoms with van der Waals surface area (Å²) in [5.74, 6) is -0.330. The van der Waals surface area contributed by atoms with E-state index in [0.717, 1.165) is 25.7 Å². The second kappa shape index (κ2) is 8.66. The zero-order chi connectivity index (χ0) is 15.1. The van der Waals surface area contributed by atoms with E-state index in [1.54, 1.807) is 0 Å². The molecule has 2 aliphatic carbocycles. The van der Waals surface area contributed by atoms with Gasteiger partial charge >= 0.3 is 5.97 Å². The van der Waals surface area contributed by atoms with Crippen molar-refractivity contribution < 1.29 is 14.7 Å². The van der Waals surface area contributed by atoms with Crippen molar-refractivity contribution in [2.75, 3.05) is 11.5 Å². The van der Waals surface area contributed by atoms with Crippen LogP contribution in [-0.4, -0.2) is 45.5 Å². The van der Waals surface area contributed by atoms with Gasteiger partial charge in [0.25, 0.3) is 0 Å². The molecule has 0 saturated heterocycles. The van der Waals surface area contributed by atoms with Gasteiger partial charge in [-0.3, -0.25) is 9.59 Å². The summed E-state index contributed by atoms with van der Waals surface area (Å²) in [4.78, 5) is 25.4. The lowest BCUT2D eigenvalue weighted by atomic mass is 9.88. The third-order valence-corrected chi connectivity index (χ3v) is 5.58. The first-order valence-electron chi connectivity index (χ1n) is 8.29. The smallest absolute Gasteiger partial charge is 0.313 e. The Morgan fingerprint density at radius 2 is 1.33 bits per heavy atom. The van der Waals surface area contributed by atoms with E-state index in [1.807, 2.05) is 0 Å². The second-order valence-electron chi connectivity index (χ2n) is 6.27. The van der Waals surface area contributed by atoms with Crippen molar-refractivity contribution in [3.05, 3.63) is 0 Å². The lowest BCUT2D eigenvalue weighted by molar-refractivity contribution is -0.135. The maximum Gasteiger partial charge on any atom is 0.313 e. The van der Waals surface area contributed by atoms with Gasteiger partial charge in [-0.25, -0.2) is 0 Å². The van der Waals surface area contributed by atoms with Crippen LogP contribution in [0.4, 0.5) is 0 Å². The molecule has 1 amide bonds. The number of carbonyl (C=O) groups excluding carboxylic acids is 1. The summed E-state index contributed by atoms with van der Waals surface area (Å²) < 4.78 is 0. The van der Waals surface area contributed by atoms with Gasteiger partial charge in [0, 0.05) is 12.1 Å². The Morgan fingerprint density at radius 3 is 1.76 bits per heavy atom. The first-order chi connectivity index (χ1) is 10.2. The fraction of sp³-hybridized carbons (Fsp3) is 0.875. The lowest BCUT2D eigenvalue weighted by Gasteiger charge is -2.41. The molecular weight excluding hydrogens is 286 g/mol. The van der Waals surface area contributed by atoms with Gasteiger partial charge in [-0.2, -0.15) is 0 Å². The first-order valence-corrected chi connectivity index (χ1v) is 9.44. The molecule has 2 aliphatic rings. The van der Waals surface area contributed by atoms with Crippen LogP contribution < -0.4 is 0 Å². The number of carbonyl (C=O) groups is 2. The van der Waals surface area contributed by atoms with Crippen molar-refractivity contribution in [1.82, 2.24) is 4.90 Å². The summed E-state index contributed by atoms with van der Waals surface area (Å²) in [5, 5.41) is 8.72. The molecule has 0 unspecified atom stereocenters. The predicted molar refractivity (Wildman–Crippen MR) is 85.6 cm³/mol. The Hall–Kier alpha value is -0.710. The Balaban J connectivity index is 1.95. The maximum absolute atomic E-state index is 12.6. The molecule has 0 spiro atoms. The zero-order valence-electron chi connectivity index (χ0n) is 12.8. The number of aliphatic carboxylic acids is 1. The van der Waals surface area contributed by atoms with Crippen LogP contribution in [0.3, 0.4) is 0 Å². The topological polar surface area (TPSA) is 57.6 Å². The van der Waals surface area contributed by atoms with Crippen molar-refractivity contribution in [2.45, 2.75) is 76.3 Å². The molecule has 0 aliphatic heterocycles. The van der Waals surface area contributed by atoms with Crippen LogP contribution in [0.15, 0.2) is 0 Å². The SMILES string of the molecule is O=C(O)CSCC(=O)N(C1CCCCC1)C1CCCCC1. The molecule has 0 bridgehead atoms. The minimum Gasteiger partial charge on any atom is -0.481 e. The van der Waals surface area contributed by atoms with Gasteiger partial charge < -0.3 is 10.0 Å². The van der Waals surface area contributed by atoms with Crippen LogP contribution in [0.25, 0.3) is 0 Å². The number of thioether (sulfide) groups is 1. The molecule has 2 fully saturated rings. The van der Waals surface area contributed by atoms with Crippen LogP contribution >= 0.6 is 11.8 Å². The van der Waals surface area contributed by atoms with Crippen LogP contribution in [0.5, 0.6) is 0 Å². The molecule has 1 N–H and O–H groups in total. The van der Waals surface area contributed by atoms with Crippen molar-refractivity contribution >= 4 is 23.6 Å². The number of amides is 1. The van der Waals surface area contributed by atoms with E-state index >= 15 is 0 Å². The van der Waals surface area contributed by atoms with E-state index in [-0.39, 0.29) is 11.7 Å². The van der Waals surface area contributed by atoms with Crippen molar-refractivity contribution in [2.24, 2.45) is 0 Å². The fourth-order valence-corrected chi connectivity index (χ4v) is 4.32. The number of carboxylic acid groups (broad SMARTS) is 1. The summed E-state index contributed by atoms with van der Waals surface area (Å²) in [6.07, 6.45) is 12.0. The Morgan fingerprint density at radius 1 is 0.857 bits per heavy atom. The standard InChI is InChI=1S/C16H27NO3S/c18-15(11-21-12-16(19)20)17(13-7-3-1-4-8-13)14-9-5-2-6-10-14/h13-14H,1-12H2,(H,19,20). The third-order valence-electron chi connectivity index (χ3n) is 4.68. The maximum atomic E-state index is 12.6. The third kappa shape index (κ3) is 5.20. The summed E-state index contributed by atoms with van der Waals surface area (Å²) in [7, 11) is 0. The summed E-state index contributed by atoms with van der Waals surface area (Å²) in [6.45, 7) is 0. The average Bonchev–Trinajstić information content (AvgIpc) is 2.49. The number of hydrogen-bond acceptors (Lipinski definition) is 3. The molecule has 4 nitrogen and oxygen atoms in total. The summed E-state index contributed by atoms with van der Waals surface area (Å²) in [6, 6.07) is 0.805. The highest BCUT2D eigenvalue weighted by Gasteiger charge is 2.32. The van der Waals surface area contributed by atoms with Gasteiger partial charge in [0.1, 0.15) is 0 Å². The van der Waals surface area contributed by atoms with Gasteiger partial charge in [-0.1, -0.05) is 38.5 Å². The second-order valence-corrected chi connectivity index (χ2v) is 7.26. The highest BCUT2D eigenvalue weighted by atomic mass is 32.2. The number of nitrogens with zero attached hydrogens (tertiary/aromatic N) is 1. The molecule has 0 aromatic carbocycles. The molecule has 0 aromatic heterocycles. The molecular formula is C16H27NO3S. The number of hydrogen-bond donors (Lipinski definition) is 1. The van der Waals surface area contributed by atoms with Gasteiger partial charge in [-0.05, 0) is 25.7 Å². The molecule has 0 aromatic rings. The molecule has 0 atom stereocenters. The van der Waals surface area contributed by atoms with Crippen molar-refractivity contribution in [3.63, 3.8) is 0 Å². The molecule has 21 heavy (non-hydrogen) atoms. The molecule has 2 rings (SSSR count). The van der Waals surface area contributed by atoms with E-state index in [9.17, 15) is 9.59 Å². The minimum atomic E-state index is -0.838. The number of rotatable bonds is 6. The predicted octanol–water partition coefficient (Wildman–Crippen LogP) is 3.30. The van der Waals surface area contributed by atoms with Gasteiger partial charge in [0.2, 0.25) is 5.91 Å². The largest absolute Gasteiger partial charge is 0.481 e. The molecule has 0 heterocycles. The van der Waals surface area contributed by atoms with Gasteiger partial charge in [-0.15, -0.1) is 11.8 Å². The average molecular weight is 313 g/mol. The highest BCUT2D eigenvalue weighted by molar-refractivity contribution is 8.00. The Labute approximate surface area is 131 Å². The molecule has 5 heteroatoms. The van der Waals surface area contributed by atoms with Crippen molar-refractivity contribution in [1.29, 1.82) is 0 Å². The monoisotopic (exact) mass is 313 g/mol. The molecule has 2 saturated carbocycles. The van der Waals surface area contributed by atoms with E-state index in [2.05, 4.69) is 4.90 Å². The van der Waals surface area contributed by atoms with E-state index in [4.69, 9.17) is 5.11 Å². The van der Waals surface area contributed by atoms with E-state index < -0.39 is 5.97 Å². The summed E-state index contributed by atoms with van der Waals surface area (Å²) in [5.41, 5.74) is 0. The Kier molecular flexibility index (Phi) is 6.87. The first kappa shape index (κ1) is 16.7. The summed E-state index contributed by atoms with van der Waals surface area (Å²) >= 11 is 1.24. The van der Waals surface area contributed by atoms with Crippen molar-refractivity contribution in [3.8, 4) is 0 Å². The highest BCUT2D eigenvalue weighted by Crippen LogP contribution is 2.30. The molecule has 0 radical (unpaired) electrons. The zero-order valence-corrected chi connectivity index (χ0v) is 13.6. The van der Waals surface area contributed by atoms with E-state index in [1.165, 1.54) is 50.3 Å². The van der Waals surface area contributed by atoms with Crippen LogP contribution in [0, 0.1) is 0 Å². The quantitative estimate of drug-likeness (QED) is 0.817. The van der Waals surface area contributed by atoms with Crippen LogP contribution in [-0.2, 0) is 9.59 Å². The number of carboxylic acids is 1. The fourth-order valence-electron chi connectivity index (χ4n) is 3.72. The van der Waals surface area contributed by atoms with Crippen LogP contribution in [0.1, 0.15) is 64.2 Å². The Bertz CT molecular complexity index is 331. The molecule has 120 valence electrons. The normalized spacial score (nSPS) is 21.1. The van der Waals surface area contributed by atoms with Gasteiger partial charge in [0.05, 0.1) is 11.5 Å². The minimum absolute atomic E-state index is 0.0227. The lowest BCUT2D eigenvalue weighted by Crippen LogP contribution is -2.49. The van der Waals surface area contributed by atoms with E-state index in [0.29, 0.717) is 17.8 Å². The van der Waals surface area contributed by atoms with Gasteiger partial charge in [0.15, 0.2) is 0 Å². The van der Waals surface area contributed by atoms with Crippen LogP contribution in [0.2, 0.25) is 0 Å².